The summed E-state index contributed by atoms with van der Waals surface area (Å²) in [7, 11) is -1.53. The molecule has 0 aromatic heterocycles. The Hall–Kier alpha value is -0.443. The molecule has 2 nitrogen and oxygen atoms in total. The second-order valence-corrected chi connectivity index (χ2v) is 9.47. The molecule has 0 amide bonds. The van der Waals surface area contributed by atoms with Gasteiger partial charge in [-0.1, -0.05) is 0 Å². The van der Waals surface area contributed by atoms with E-state index in [9.17, 15) is 0 Å². The van der Waals surface area contributed by atoms with Crippen LogP contribution in [0.1, 0.15) is 27.7 Å². The van der Waals surface area contributed by atoms with Crippen LogP contribution in [0.5, 0.6) is 0 Å². The van der Waals surface area contributed by atoms with Gasteiger partial charge in [-0.3, -0.25) is 0 Å². The lowest BCUT2D eigenvalue weighted by Gasteiger charge is -2.27. The Balaban J connectivity index is 4.24. The standard InChI is InChI=1S/C10H22O2Si/c1-8-9(11-10(2,3)4)12-13(5,6)7/h8H,1-7H3. The zero-order valence-electron chi connectivity index (χ0n) is 9.89. The van der Waals surface area contributed by atoms with Crippen molar-refractivity contribution in [1.29, 1.82) is 0 Å². The van der Waals surface area contributed by atoms with E-state index in [-0.39, 0.29) is 5.60 Å². The Morgan fingerprint density at radius 2 is 1.62 bits per heavy atom. The number of allylic oxidation sites excluding steroid dienone is 1. The SMILES string of the molecule is CC=C(OC(C)(C)C)O[Si](C)(C)C. The molecule has 0 bridgehead atoms. The van der Waals surface area contributed by atoms with Gasteiger partial charge in [0, 0.05) is 0 Å². The van der Waals surface area contributed by atoms with Crippen LogP contribution in [0.4, 0.5) is 0 Å². The van der Waals surface area contributed by atoms with Crippen LogP contribution in [0, 0.1) is 0 Å². The molecule has 0 saturated heterocycles. The smallest absolute Gasteiger partial charge is 0.261 e. The average Bonchev–Trinajstić information content (AvgIpc) is 1.79. The fraction of sp³-hybridized carbons (Fsp3) is 0.800. The fourth-order valence-corrected chi connectivity index (χ4v) is 1.51. The van der Waals surface area contributed by atoms with Gasteiger partial charge in [-0.15, -0.1) is 0 Å². The van der Waals surface area contributed by atoms with Crippen molar-refractivity contribution in [2.75, 3.05) is 0 Å². The molecule has 0 aromatic carbocycles. The summed E-state index contributed by atoms with van der Waals surface area (Å²) in [6, 6.07) is 0. The number of hydrogen-bond donors (Lipinski definition) is 0. The van der Waals surface area contributed by atoms with Gasteiger partial charge < -0.3 is 9.16 Å². The van der Waals surface area contributed by atoms with Crippen molar-refractivity contribution < 1.29 is 9.16 Å². The summed E-state index contributed by atoms with van der Waals surface area (Å²) in [5, 5.41) is 0. The number of hydrogen-bond acceptors (Lipinski definition) is 2. The van der Waals surface area contributed by atoms with Gasteiger partial charge >= 0.3 is 0 Å². The van der Waals surface area contributed by atoms with E-state index in [2.05, 4.69) is 19.6 Å². The van der Waals surface area contributed by atoms with E-state index >= 15 is 0 Å². The van der Waals surface area contributed by atoms with Gasteiger partial charge in [-0.05, 0) is 53.4 Å². The van der Waals surface area contributed by atoms with Crippen LogP contribution >= 0.6 is 0 Å². The minimum Gasteiger partial charge on any atom is -0.520 e. The molecule has 0 radical (unpaired) electrons. The first-order chi connectivity index (χ1) is 5.64. The van der Waals surface area contributed by atoms with E-state index in [4.69, 9.17) is 9.16 Å². The molecule has 0 fully saturated rings. The van der Waals surface area contributed by atoms with Gasteiger partial charge in [0.1, 0.15) is 5.60 Å². The van der Waals surface area contributed by atoms with Crippen molar-refractivity contribution in [2.24, 2.45) is 0 Å². The highest BCUT2D eigenvalue weighted by Crippen LogP contribution is 2.18. The molecule has 78 valence electrons. The second-order valence-electron chi connectivity index (χ2n) is 5.04. The van der Waals surface area contributed by atoms with Crippen molar-refractivity contribution in [2.45, 2.75) is 52.9 Å². The quantitative estimate of drug-likeness (QED) is 0.515. The molecule has 0 N–H and O–H groups in total. The first-order valence-corrected chi connectivity index (χ1v) is 8.09. The van der Waals surface area contributed by atoms with Crippen LogP contribution in [-0.2, 0) is 9.16 Å². The highest BCUT2D eigenvalue weighted by molar-refractivity contribution is 6.69. The highest BCUT2D eigenvalue weighted by atomic mass is 28.4. The molecular weight excluding hydrogens is 180 g/mol. The van der Waals surface area contributed by atoms with Crippen molar-refractivity contribution >= 4 is 8.32 Å². The van der Waals surface area contributed by atoms with E-state index in [0.717, 1.165) is 0 Å². The van der Waals surface area contributed by atoms with Gasteiger partial charge in [0.2, 0.25) is 8.32 Å². The third-order valence-corrected chi connectivity index (χ3v) is 1.86. The van der Waals surface area contributed by atoms with Gasteiger partial charge in [0.15, 0.2) is 0 Å². The predicted octanol–water partition coefficient (Wildman–Crippen LogP) is 3.51. The third kappa shape index (κ3) is 7.90. The zero-order chi connectivity index (χ0) is 10.7. The van der Waals surface area contributed by atoms with E-state index in [1.165, 1.54) is 0 Å². The number of ether oxygens (including phenoxy) is 1. The minimum atomic E-state index is -1.53. The lowest BCUT2D eigenvalue weighted by molar-refractivity contribution is -0.00859. The summed E-state index contributed by atoms with van der Waals surface area (Å²) in [6.07, 6.45) is 1.88. The van der Waals surface area contributed by atoms with Gasteiger partial charge in [-0.2, -0.15) is 0 Å². The van der Waals surface area contributed by atoms with Crippen molar-refractivity contribution in [3.8, 4) is 0 Å². The summed E-state index contributed by atoms with van der Waals surface area (Å²) in [4.78, 5) is 0. The van der Waals surface area contributed by atoms with Crippen LogP contribution in [0.3, 0.4) is 0 Å². The normalized spacial score (nSPS) is 14.2. The van der Waals surface area contributed by atoms with Gasteiger partial charge in [-0.25, -0.2) is 0 Å². The minimum absolute atomic E-state index is 0.179. The maximum Gasteiger partial charge on any atom is 0.261 e. The summed E-state index contributed by atoms with van der Waals surface area (Å²) in [5.41, 5.74) is -0.179. The van der Waals surface area contributed by atoms with E-state index in [1.54, 1.807) is 0 Å². The van der Waals surface area contributed by atoms with E-state index in [0.29, 0.717) is 5.95 Å². The Morgan fingerprint density at radius 3 is 1.85 bits per heavy atom. The maximum absolute atomic E-state index is 5.74. The first kappa shape index (κ1) is 12.6. The van der Waals surface area contributed by atoms with Crippen molar-refractivity contribution in [1.82, 2.24) is 0 Å². The highest BCUT2D eigenvalue weighted by Gasteiger charge is 2.21. The van der Waals surface area contributed by atoms with Crippen LogP contribution < -0.4 is 0 Å². The molecule has 0 spiro atoms. The first-order valence-electron chi connectivity index (χ1n) is 4.68. The van der Waals surface area contributed by atoms with Gasteiger partial charge in [0.25, 0.3) is 5.95 Å². The Kier molecular flexibility index (Phi) is 4.04. The topological polar surface area (TPSA) is 18.5 Å². The van der Waals surface area contributed by atoms with Crippen LogP contribution in [0.2, 0.25) is 19.6 Å². The zero-order valence-corrected chi connectivity index (χ0v) is 10.9. The van der Waals surface area contributed by atoms with Crippen LogP contribution in [0.15, 0.2) is 12.0 Å². The van der Waals surface area contributed by atoms with Crippen molar-refractivity contribution in [3.05, 3.63) is 12.0 Å². The molecule has 0 aliphatic rings. The molecule has 0 aliphatic heterocycles. The summed E-state index contributed by atoms with van der Waals surface area (Å²) >= 11 is 0. The monoisotopic (exact) mass is 202 g/mol. The molecule has 0 rings (SSSR count). The predicted molar refractivity (Wildman–Crippen MR) is 59.0 cm³/mol. The van der Waals surface area contributed by atoms with Crippen LogP contribution in [0.25, 0.3) is 0 Å². The van der Waals surface area contributed by atoms with E-state index in [1.807, 2.05) is 33.8 Å². The molecule has 0 aliphatic carbocycles. The number of rotatable bonds is 3. The summed E-state index contributed by atoms with van der Waals surface area (Å²) < 4.78 is 11.4. The molecule has 0 unspecified atom stereocenters. The van der Waals surface area contributed by atoms with Gasteiger partial charge in [0.05, 0.1) is 0 Å². The summed E-state index contributed by atoms with van der Waals surface area (Å²) in [5.74, 6) is 0.659. The van der Waals surface area contributed by atoms with Crippen LogP contribution in [-0.4, -0.2) is 13.9 Å². The maximum atomic E-state index is 5.74. The lowest BCUT2D eigenvalue weighted by atomic mass is 10.2. The fourth-order valence-electron chi connectivity index (χ4n) is 0.742. The molecule has 0 heterocycles. The average molecular weight is 202 g/mol. The molecule has 3 heteroatoms. The molecule has 0 saturated carbocycles. The molecule has 0 aromatic rings. The molecule has 0 atom stereocenters. The lowest BCUT2D eigenvalue weighted by Crippen LogP contribution is -2.29. The summed E-state index contributed by atoms with van der Waals surface area (Å²) in [6.45, 7) is 14.4. The third-order valence-electron chi connectivity index (χ3n) is 1.05. The molecule has 13 heavy (non-hydrogen) atoms. The largest absolute Gasteiger partial charge is 0.520 e. The second kappa shape index (κ2) is 4.18. The van der Waals surface area contributed by atoms with E-state index < -0.39 is 8.32 Å². The Morgan fingerprint density at radius 1 is 1.15 bits per heavy atom. The Bertz CT molecular complexity index is 166. The molecular formula is C10H22O2Si. The van der Waals surface area contributed by atoms with Crippen molar-refractivity contribution in [3.63, 3.8) is 0 Å². The Labute approximate surface area is 83.1 Å².